The fourth-order valence-corrected chi connectivity index (χ4v) is 9.78. The lowest BCUT2D eigenvalue weighted by Gasteiger charge is -2.43. The minimum atomic E-state index is -0.154. The van der Waals surface area contributed by atoms with Crippen molar-refractivity contribution in [1.29, 1.82) is 0 Å². The third-order valence-electron chi connectivity index (χ3n) is 10.8. The van der Waals surface area contributed by atoms with Crippen LogP contribution in [0.3, 0.4) is 0 Å². The lowest BCUT2D eigenvalue weighted by molar-refractivity contribution is -0.169. The maximum absolute atomic E-state index is 13.2. The fraction of sp³-hybridized carbons (Fsp3) is 0.913. The van der Waals surface area contributed by atoms with Gasteiger partial charge in [-0.1, -0.05) is 13.8 Å². The summed E-state index contributed by atoms with van der Waals surface area (Å²) in [7, 11) is 0. The molecule has 1 saturated heterocycles. The van der Waals surface area contributed by atoms with Crippen molar-refractivity contribution in [2.45, 2.75) is 58.2 Å². The van der Waals surface area contributed by atoms with Crippen LogP contribution in [0, 0.1) is 71.0 Å². The Hall–Kier alpha value is -1.06. The van der Waals surface area contributed by atoms with Gasteiger partial charge in [0.2, 0.25) is 0 Å². The molecule has 7 rings (SSSR count). The SMILES string of the molecule is CC1C(C)C2CC1C1C3CC(C(=O)OC4C5CC6C(=O)OC4C6C5)C(C3)C21. The highest BCUT2D eigenvalue weighted by Gasteiger charge is 2.68. The summed E-state index contributed by atoms with van der Waals surface area (Å²) in [6.07, 6.45) is 5.33. The molecule has 6 bridgehead atoms. The molecule has 6 saturated carbocycles. The number of fused-ring (bicyclic) bond motifs is 10. The average Bonchev–Trinajstić information content (AvgIpc) is 3.44. The summed E-state index contributed by atoms with van der Waals surface area (Å²) in [4.78, 5) is 25.2. The van der Waals surface area contributed by atoms with Gasteiger partial charge in [-0.25, -0.2) is 0 Å². The smallest absolute Gasteiger partial charge is 0.309 e. The van der Waals surface area contributed by atoms with E-state index in [1.54, 1.807) is 0 Å². The van der Waals surface area contributed by atoms with Crippen LogP contribution < -0.4 is 0 Å². The van der Waals surface area contributed by atoms with Crippen LogP contribution in [0.1, 0.15) is 46.0 Å². The Morgan fingerprint density at radius 3 is 2.44 bits per heavy atom. The fourth-order valence-electron chi connectivity index (χ4n) is 9.78. The zero-order valence-electron chi connectivity index (χ0n) is 16.3. The van der Waals surface area contributed by atoms with Crippen LogP contribution in [0.25, 0.3) is 0 Å². The maximum Gasteiger partial charge on any atom is 0.309 e. The first-order valence-corrected chi connectivity index (χ1v) is 11.4. The summed E-state index contributed by atoms with van der Waals surface area (Å²) in [5, 5.41) is 0. The molecule has 1 aliphatic heterocycles. The van der Waals surface area contributed by atoms with Gasteiger partial charge >= 0.3 is 11.9 Å². The first-order valence-electron chi connectivity index (χ1n) is 11.4. The predicted octanol–water partition coefficient (Wildman–Crippen LogP) is 3.29. The van der Waals surface area contributed by atoms with E-state index < -0.39 is 0 Å². The number of carbonyl (C=O) groups is 2. The molecule has 1 heterocycles. The van der Waals surface area contributed by atoms with E-state index in [1.807, 2.05) is 0 Å². The van der Waals surface area contributed by atoms with Crippen molar-refractivity contribution in [2.24, 2.45) is 71.0 Å². The zero-order chi connectivity index (χ0) is 18.2. The van der Waals surface area contributed by atoms with E-state index in [9.17, 15) is 9.59 Å². The van der Waals surface area contributed by atoms with Gasteiger partial charge < -0.3 is 9.47 Å². The van der Waals surface area contributed by atoms with E-state index in [2.05, 4.69) is 13.8 Å². The summed E-state index contributed by atoms with van der Waals surface area (Å²) in [5.74, 6) is 7.36. The molecule has 14 unspecified atom stereocenters. The summed E-state index contributed by atoms with van der Waals surface area (Å²) >= 11 is 0. The number of hydrogen-bond acceptors (Lipinski definition) is 4. The summed E-state index contributed by atoms with van der Waals surface area (Å²) in [6.45, 7) is 4.92. The van der Waals surface area contributed by atoms with E-state index in [-0.39, 0.29) is 36.0 Å². The lowest BCUT2D eigenvalue weighted by Crippen LogP contribution is -2.43. The van der Waals surface area contributed by atoms with Crippen molar-refractivity contribution in [1.82, 2.24) is 0 Å². The van der Waals surface area contributed by atoms with Gasteiger partial charge in [0.15, 0.2) is 0 Å². The van der Waals surface area contributed by atoms with Crippen molar-refractivity contribution in [3.8, 4) is 0 Å². The van der Waals surface area contributed by atoms with Crippen molar-refractivity contribution in [3.63, 3.8) is 0 Å². The molecule has 14 atom stereocenters. The molecule has 0 aromatic heterocycles. The Morgan fingerprint density at radius 2 is 1.63 bits per heavy atom. The molecular weight excluding hydrogens is 340 g/mol. The van der Waals surface area contributed by atoms with Crippen molar-refractivity contribution >= 4 is 11.9 Å². The van der Waals surface area contributed by atoms with E-state index in [4.69, 9.17) is 9.47 Å². The monoisotopic (exact) mass is 370 g/mol. The summed E-state index contributed by atoms with van der Waals surface area (Å²) < 4.78 is 11.7. The average molecular weight is 370 g/mol. The second kappa shape index (κ2) is 4.91. The van der Waals surface area contributed by atoms with Gasteiger partial charge in [0.1, 0.15) is 12.2 Å². The van der Waals surface area contributed by atoms with Gasteiger partial charge in [-0.2, -0.15) is 0 Å². The van der Waals surface area contributed by atoms with Crippen molar-refractivity contribution < 1.29 is 19.1 Å². The Balaban J connectivity index is 1.10. The van der Waals surface area contributed by atoms with Gasteiger partial charge in [-0.3, -0.25) is 9.59 Å². The molecular formula is C23H30O4. The Labute approximate surface area is 160 Å². The van der Waals surface area contributed by atoms with Crippen LogP contribution in [0.5, 0.6) is 0 Å². The van der Waals surface area contributed by atoms with Gasteiger partial charge in [0.05, 0.1) is 11.8 Å². The molecule has 0 N–H and O–H groups in total. The first-order chi connectivity index (χ1) is 13.0. The van der Waals surface area contributed by atoms with Gasteiger partial charge in [0, 0.05) is 11.8 Å². The van der Waals surface area contributed by atoms with E-state index in [0.717, 1.165) is 60.7 Å². The minimum absolute atomic E-state index is 0.0427. The molecule has 0 aromatic carbocycles. The van der Waals surface area contributed by atoms with Crippen LogP contribution in [-0.4, -0.2) is 24.1 Å². The molecule has 0 aromatic rings. The van der Waals surface area contributed by atoms with E-state index >= 15 is 0 Å². The third-order valence-corrected chi connectivity index (χ3v) is 10.8. The standard InChI is InChI=1S/C23H30O4/c1-8-9(2)13-7-12(8)18-10-3-14(19(13)18)16(4-10)22(24)26-20-11-5-15-17(6-11)23(25)27-21(15)20/h8-21H,3-7H2,1-2H3. The number of carbonyl (C=O) groups excluding carboxylic acids is 2. The van der Waals surface area contributed by atoms with Gasteiger partial charge in [-0.15, -0.1) is 0 Å². The largest absolute Gasteiger partial charge is 0.458 e. The van der Waals surface area contributed by atoms with Crippen LogP contribution >= 0.6 is 0 Å². The first kappa shape index (κ1) is 15.8. The van der Waals surface area contributed by atoms with Gasteiger partial charge in [0.25, 0.3) is 0 Å². The van der Waals surface area contributed by atoms with Crippen LogP contribution in [0.4, 0.5) is 0 Å². The highest BCUT2D eigenvalue weighted by Crippen LogP contribution is 2.71. The van der Waals surface area contributed by atoms with Crippen molar-refractivity contribution in [2.75, 3.05) is 0 Å². The Morgan fingerprint density at radius 1 is 0.889 bits per heavy atom. The number of ether oxygens (including phenoxy) is 2. The molecule has 7 aliphatic rings. The van der Waals surface area contributed by atoms with Crippen LogP contribution in [0.2, 0.25) is 0 Å². The molecule has 4 heteroatoms. The number of rotatable bonds is 2. The second-order valence-electron chi connectivity index (χ2n) is 11.2. The molecule has 6 aliphatic carbocycles. The third kappa shape index (κ3) is 1.74. The quantitative estimate of drug-likeness (QED) is 0.553. The van der Waals surface area contributed by atoms with Crippen LogP contribution in [-0.2, 0) is 19.1 Å². The highest BCUT2D eigenvalue weighted by molar-refractivity contribution is 5.77. The molecule has 0 spiro atoms. The van der Waals surface area contributed by atoms with Crippen molar-refractivity contribution in [3.05, 3.63) is 0 Å². The predicted molar refractivity (Wildman–Crippen MR) is 96.1 cm³/mol. The second-order valence-corrected chi connectivity index (χ2v) is 11.2. The van der Waals surface area contributed by atoms with Gasteiger partial charge in [-0.05, 0) is 79.4 Å². The summed E-state index contributed by atoms with van der Waals surface area (Å²) in [5.41, 5.74) is 0. The highest BCUT2D eigenvalue weighted by atomic mass is 16.6. The normalized spacial score (nSPS) is 63.7. The molecule has 0 amide bonds. The lowest BCUT2D eigenvalue weighted by atomic mass is 9.62. The molecule has 7 fully saturated rings. The Kier molecular flexibility index (Phi) is 2.88. The van der Waals surface area contributed by atoms with Crippen LogP contribution in [0.15, 0.2) is 0 Å². The van der Waals surface area contributed by atoms with E-state index in [0.29, 0.717) is 17.8 Å². The zero-order valence-corrected chi connectivity index (χ0v) is 16.3. The topological polar surface area (TPSA) is 52.6 Å². The maximum atomic E-state index is 13.2. The Bertz CT molecular complexity index is 732. The molecule has 27 heavy (non-hydrogen) atoms. The van der Waals surface area contributed by atoms with E-state index in [1.165, 1.54) is 12.8 Å². The number of hydrogen-bond donors (Lipinski definition) is 0. The molecule has 0 radical (unpaired) electrons. The summed E-state index contributed by atoms with van der Waals surface area (Å²) in [6, 6.07) is 0. The molecule has 146 valence electrons. The minimum Gasteiger partial charge on any atom is -0.458 e. The number of esters is 2. The molecule has 4 nitrogen and oxygen atoms in total.